The monoisotopic (exact) mass is 474 g/mol. The second-order valence-electron chi connectivity index (χ2n) is 8.18. The van der Waals surface area contributed by atoms with Crippen LogP contribution in [0.2, 0.25) is 0 Å². The van der Waals surface area contributed by atoms with Crippen molar-refractivity contribution in [3.8, 4) is 17.2 Å². The van der Waals surface area contributed by atoms with Gasteiger partial charge in [0.2, 0.25) is 0 Å². The van der Waals surface area contributed by atoms with E-state index in [0.717, 1.165) is 25.7 Å². The van der Waals surface area contributed by atoms with Gasteiger partial charge in [0.15, 0.2) is 0 Å². The first-order valence-corrected chi connectivity index (χ1v) is 11.9. The van der Waals surface area contributed by atoms with E-state index in [2.05, 4.69) is 6.92 Å². The van der Waals surface area contributed by atoms with Crippen LogP contribution in [-0.2, 0) is 14.4 Å². The summed E-state index contributed by atoms with van der Waals surface area (Å²) in [5.74, 6) is -2.43. The van der Waals surface area contributed by atoms with Crippen LogP contribution in [0.4, 0.5) is 0 Å². The molecule has 3 aromatic rings. The van der Waals surface area contributed by atoms with Gasteiger partial charge in [-0.05, 0) is 42.8 Å². The van der Waals surface area contributed by atoms with E-state index in [0.29, 0.717) is 6.42 Å². The smallest absolute Gasteiger partial charge is 0.340 e. The van der Waals surface area contributed by atoms with Crippen LogP contribution in [0.25, 0.3) is 0 Å². The first kappa shape index (κ1) is 25.7. The van der Waals surface area contributed by atoms with Gasteiger partial charge in [-0.1, -0.05) is 93.6 Å². The highest BCUT2D eigenvalue weighted by Crippen LogP contribution is 2.33. The molecule has 0 heterocycles. The lowest BCUT2D eigenvalue weighted by molar-refractivity contribution is -0.172. The van der Waals surface area contributed by atoms with E-state index in [1.807, 2.05) is 0 Å². The third-order valence-electron chi connectivity index (χ3n) is 5.56. The Morgan fingerprint density at radius 1 is 0.543 bits per heavy atom. The maximum absolute atomic E-state index is 13.6. The fourth-order valence-electron chi connectivity index (χ4n) is 3.60. The summed E-state index contributed by atoms with van der Waals surface area (Å²) in [6.07, 6.45) is 4.06. The van der Waals surface area contributed by atoms with Crippen LogP contribution in [0.3, 0.4) is 0 Å². The summed E-state index contributed by atoms with van der Waals surface area (Å²) in [7, 11) is 0. The van der Waals surface area contributed by atoms with Crippen LogP contribution in [0.1, 0.15) is 45.4 Å². The van der Waals surface area contributed by atoms with E-state index in [1.54, 1.807) is 91.0 Å². The Morgan fingerprint density at radius 2 is 0.886 bits per heavy atom. The number of ether oxygens (including phenoxy) is 3. The maximum atomic E-state index is 13.6. The third-order valence-corrected chi connectivity index (χ3v) is 5.56. The van der Waals surface area contributed by atoms with Gasteiger partial charge in [-0.15, -0.1) is 0 Å². The largest absolute Gasteiger partial charge is 0.425 e. The van der Waals surface area contributed by atoms with Gasteiger partial charge in [0, 0.05) is 0 Å². The molecule has 0 amide bonds. The van der Waals surface area contributed by atoms with Crippen molar-refractivity contribution in [2.45, 2.75) is 45.4 Å². The number of hydrogen-bond acceptors (Lipinski definition) is 6. The molecule has 0 bridgehead atoms. The van der Waals surface area contributed by atoms with Crippen LogP contribution in [0.5, 0.6) is 17.2 Å². The van der Waals surface area contributed by atoms with Crippen molar-refractivity contribution in [3.05, 3.63) is 91.0 Å². The highest BCUT2D eigenvalue weighted by Gasteiger charge is 2.57. The average molecular weight is 475 g/mol. The topological polar surface area (TPSA) is 78.9 Å². The molecule has 0 saturated heterocycles. The molecule has 3 rings (SSSR count). The Morgan fingerprint density at radius 3 is 1.23 bits per heavy atom. The lowest BCUT2D eigenvalue weighted by Crippen LogP contribution is -2.52. The van der Waals surface area contributed by atoms with E-state index in [1.165, 1.54) is 0 Å². The van der Waals surface area contributed by atoms with Crippen LogP contribution < -0.4 is 14.2 Å². The molecule has 0 aromatic heterocycles. The lowest BCUT2D eigenvalue weighted by atomic mass is 9.82. The normalized spacial score (nSPS) is 10.9. The van der Waals surface area contributed by atoms with E-state index in [9.17, 15) is 14.4 Å². The zero-order valence-corrected chi connectivity index (χ0v) is 19.9. The summed E-state index contributed by atoms with van der Waals surface area (Å²) in [4.78, 5) is 40.8. The summed E-state index contributed by atoms with van der Waals surface area (Å²) in [5.41, 5.74) is -2.30. The van der Waals surface area contributed by atoms with Gasteiger partial charge in [-0.25, -0.2) is 14.4 Å². The Hall–Kier alpha value is -3.93. The number of benzene rings is 3. The molecule has 182 valence electrons. The molecular formula is C29H30O6. The predicted molar refractivity (Wildman–Crippen MR) is 132 cm³/mol. The molecule has 0 N–H and O–H groups in total. The highest BCUT2D eigenvalue weighted by atomic mass is 16.6. The second kappa shape index (κ2) is 13.1. The number of rotatable bonds is 12. The van der Waals surface area contributed by atoms with Crippen LogP contribution in [0, 0.1) is 5.41 Å². The Bertz CT molecular complexity index is 950. The van der Waals surface area contributed by atoms with Gasteiger partial charge in [-0.2, -0.15) is 0 Å². The maximum Gasteiger partial charge on any atom is 0.340 e. The highest BCUT2D eigenvalue weighted by molar-refractivity contribution is 6.19. The first-order chi connectivity index (χ1) is 17.1. The number of unbranched alkanes of at least 4 members (excludes halogenated alkanes) is 4. The van der Waals surface area contributed by atoms with Gasteiger partial charge in [0.1, 0.15) is 17.2 Å². The molecule has 0 atom stereocenters. The fraction of sp³-hybridized carbons (Fsp3) is 0.276. The van der Waals surface area contributed by atoms with E-state index >= 15 is 0 Å². The van der Waals surface area contributed by atoms with Gasteiger partial charge < -0.3 is 14.2 Å². The Labute approximate surface area is 205 Å². The minimum atomic E-state index is -2.30. The van der Waals surface area contributed by atoms with Crippen molar-refractivity contribution in [2.24, 2.45) is 5.41 Å². The molecule has 0 unspecified atom stereocenters. The fourth-order valence-corrected chi connectivity index (χ4v) is 3.60. The summed E-state index contributed by atoms with van der Waals surface area (Å²) >= 11 is 0. The molecule has 0 aliphatic carbocycles. The van der Waals surface area contributed by atoms with Gasteiger partial charge in [0.25, 0.3) is 5.41 Å². The molecule has 6 nitrogen and oxygen atoms in total. The van der Waals surface area contributed by atoms with Crippen molar-refractivity contribution in [1.29, 1.82) is 0 Å². The number of esters is 3. The standard InChI is InChI=1S/C29H30O6/c1-2-3-4-5-15-22-29(26(30)33-23-16-9-6-10-17-23,27(31)34-24-18-11-7-12-19-24)28(32)35-25-20-13-8-14-21-25/h6-14,16-21H,2-5,15,22H2,1H3. The molecule has 0 saturated carbocycles. The van der Waals surface area contributed by atoms with Crippen LogP contribution in [-0.4, -0.2) is 17.9 Å². The van der Waals surface area contributed by atoms with Crippen molar-refractivity contribution >= 4 is 17.9 Å². The summed E-state index contributed by atoms with van der Waals surface area (Å²) in [6.45, 7) is 2.09. The second-order valence-corrected chi connectivity index (χ2v) is 8.18. The van der Waals surface area contributed by atoms with Gasteiger partial charge in [0.05, 0.1) is 0 Å². The molecule has 0 fully saturated rings. The Balaban J connectivity index is 1.97. The minimum absolute atomic E-state index is 0.0975. The van der Waals surface area contributed by atoms with Crippen LogP contribution in [0.15, 0.2) is 91.0 Å². The zero-order chi connectivity index (χ0) is 24.9. The first-order valence-electron chi connectivity index (χ1n) is 11.9. The summed E-state index contributed by atoms with van der Waals surface area (Å²) < 4.78 is 16.6. The number of para-hydroxylation sites is 3. The molecule has 35 heavy (non-hydrogen) atoms. The van der Waals surface area contributed by atoms with Gasteiger partial charge in [-0.3, -0.25) is 0 Å². The van der Waals surface area contributed by atoms with Crippen molar-refractivity contribution in [1.82, 2.24) is 0 Å². The SMILES string of the molecule is CCCCCCCC(C(=O)Oc1ccccc1)(C(=O)Oc1ccccc1)C(=O)Oc1ccccc1. The molecule has 0 spiro atoms. The van der Waals surface area contributed by atoms with Crippen molar-refractivity contribution in [3.63, 3.8) is 0 Å². The molecule has 0 radical (unpaired) electrons. The molecule has 0 aliphatic rings. The minimum Gasteiger partial charge on any atom is -0.425 e. The molecule has 0 aliphatic heterocycles. The zero-order valence-electron chi connectivity index (χ0n) is 19.9. The van der Waals surface area contributed by atoms with E-state index in [-0.39, 0.29) is 23.7 Å². The summed E-state index contributed by atoms with van der Waals surface area (Å²) in [5, 5.41) is 0. The van der Waals surface area contributed by atoms with Crippen molar-refractivity contribution in [2.75, 3.05) is 0 Å². The molecule has 6 heteroatoms. The molecule has 3 aromatic carbocycles. The van der Waals surface area contributed by atoms with E-state index in [4.69, 9.17) is 14.2 Å². The van der Waals surface area contributed by atoms with Crippen LogP contribution >= 0.6 is 0 Å². The quantitative estimate of drug-likeness (QED) is 0.136. The third kappa shape index (κ3) is 7.03. The van der Waals surface area contributed by atoms with Gasteiger partial charge >= 0.3 is 17.9 Å². The predicted octanol–water partition coefficient (Wildman–Crippen LogP) is 6.15. The summed E-state index contributed by atoms with van der Waals surface area (Å²) in [6, 6.07) is 24.9. The van der Waals surface area contributed by atoms with Crippen molar-refractivity contribution < 1.29 is 28.6 Å². The number of hydrogen-bond donors (Lipinski definition) is 0. The number of carbonyl (C=O) groups is 3. The lowest BCUT2D eigenvalue weighted by Gasteiger charge is -2.27. The number of carbonyl (C=O) groups excluding carboxylic acids is 3. The van der Waals surface area contributed by atoms with E-state index < -0.39 is 23.3 Å². The Kier molecular flexibility index (Phi) is 9.60. The average Bonchev–Trinajstić information content (AvgIpc) is 2.88. The molecular weight excluding hydrogens is 444 g/mol.